The Morgan fingerprint density at radius 3 is 2.76 bits per heavy atom. The molecule has 0 aliphatic heterocycles. The molecule has 2 aromatic carbocycles. The number of carbonyl (C=O) groups is 1. The standard InChI is InChI=1S/C18H19N3O3S/c1-3-23-17(22)12-25-18-20-19-16(21(18)2)11-24-15-9-8-13-6-4-5-7-14(13)10-15/h4-10H,3,11-12H2,1-2H3. The van der Waals surface area contributed by atoms with Crippen LogP contribution in [0, 0.1) is 0 Å². The smallest absolute Gasteiger partial charge is 0.316 e. The van der Waals surface area contributed by atoms with Crippen molar-refractivity contribution in [2.24, 2.45) is 7.05 Å². The van der Waals surface area contributed by atoms with E-state index < -0.39 is 0 Å². The van der Waals surface area contributed by atoms with E-state index in [2.05, 4.69) is 22.3 Å². The first-order valence-corrected chi connectivity index (χ1v) is 8.94. The third kappa shape index (κ3) is 4.30. The minimum atomic E-state index is -0.260. The van der Waals surface area contributed by atoms with Gasteiger partial charge in [-0.1, -0.05) is 42.1 Å². The minimum Gasteiger partial charge on any atom is -0.486 e. The maximum atomic E-state index is 11.4. The second-order valence-corrected chi connectivity index (χ2v) is 6.29. The fourth-order valence-electron chi connectivity index (χ4n) is 2.33. The van der Waals surface area contributed by atoms with E-state index in [9.17, 15) is 4.79 Å². The molecule has 0 radical (unpaired) electrons. The Morgan fingerprint density at radius 2 is 1.96 bits per heavy atom. The van der Waals surface area contributed by atoms with Crippen molar-refractivity contribution in [3.05, 3.63) is 48.3 Å². The fourth-order valence-corrected chi connectivity index (χ4v) is 3.06. The van der Waals surface area contributed by atoms with Crippen LogP contribution in [0.4, 0.5) is 0 Å². The fraction of sp³-hybridized carbons (Fsp3) is 0.278. The summed E-state index contributed by atoms with van der Waals surface area (Å²) in [5.74, 6) is 1.43. The summed E-state index contributed by atoms with van der Waals surface area (Å²) in [4.78, 5) is 11.4. The lowest BCUT2D eigenvalue weighted by Gasteiger charge is -2.07. The Hall–Kier alpha value is -2.54. The third-order valence-corrected chi connectivity index (χ3v) is 4.63. The van der Waals surface area contributed by atoms with E-state index in [4.69, 9.17) is 9.47 Å². The second-order valence-electron chi connectivity index (χ2n) is 5.35. The van der Waals surface area contributed by atoms with Crippen molar-refractivity contribution >= 4 is 28.5 Å². The average Bonchev–Trinajstić information content (AvgIpc) is 2.98. The van der Waals surface area contributed by atoms with Gasteiger partial charge >= 0.3 is 5.97 Å². The maximum Gasteiger partial charge on any atom is 0.316 e. The van der Waals surface area contributed by atoms with E-state index in [1.807, 2.05) is 41.9 Å². The number of benzene rings is 2. The summed E-state index contributed by atoms with van der Waals surface area (Å²) < 4.78 is 12.6. The first-order chi connectivity index (χ1) is 12.2. The van der Waals surface area contributed by atoms with Gasteiger partial charge in [-0.15, -0.1) is 10.2 Å². The van der Waals surface area contributed by atoms with Crippen molar-refractivity contribution in [2.45, 2.75) is 18.7 Å². The van der Waals surface area contributed by atoms with E-state index in [0.29, 0.717) is 24.2 Å². The summed E-state index contributed by atoms with van der Waals surface area (Å²) in [6, 6.07) is 14.1. The average molecular weight is 357 g/mol. The maximum absolute atomic E-state index is 11.4. The van der Waals surface area contributed by atoms with Gasteiger partial charge in [0.05, 0.1) is 12.4 Å². The molecule has 3 aromatic rings. The number of hydrogen-bond acceptors (Lipinski definition) is 6. The molecule has 0 aliphatic carbocycles. The highest BCUT2D eigenvalue weighted by molar-refractivity contribution is 7.99. The highest BCUT2D eigenvalue weighted by atomic mass is 32.2. The Balaban J connectivity index is 1.62. The summed E-state index contributed by atoms with van der Waals surface area (Å²) in [6.45, 7) is 2.47. The molecule has 0 atom stereocenters. The zero-order valence-electron chi connectivity index (χ0n) is 14.1. The van der Waals surface area contributed by atoms with Gasteiger partial charge in [0.2, 0.25) is 0 Å². The van der Waals surface area contributed by atoms with Crippen LogP contribution in [0.25, 0.3) is 10.8 Å². The minimum absolute atomic E-state index is 0.214. The molecule has 130 valence electrons. The van der Waals surface area contributed by atoms with Crippen LogP contribution in [0.5, 0.6) is 5.75 Å². The number of carbonyl (C=O) groups excluding carboxylic acids is 1. The van der Waals surface area contributed by atoms with Gasteiger partial charge in [0, 0.05) is 7.05 Å². The van der Waals surface area contributed by atoms with Gasteiger partial charge in [-0.05, 0) is 29.8 Å². The van der Waals surface area contributed by atoms with Crippen molar-refractivity contribution in [3.8, 4) is 5.75 Å². The van der Waals surface area contributed by atoms with Gasteiger partial charge < -0.3 is 14.0 Å². The monoisotopic (exact) mass is 357 g/mol. The molecule has 1 aromatic heterocycles. The predicted molar refractivity (Wildman–Crippen MR) is 96.6 cm³/mol. The quantitative estimate of drug-likeness (QED) is 0.478. The largest absolute Gasteiger partial charge is 0.486 e. The van der Waals surface area contributed by atoms with Crippen LogP contribution in [-0.4, -0.2) is 33.1 Å². The zero-order chi connectivity index (χ0) is 17.6. The molecule has 0 amide bonds. The number of nitrogens with zero attached hydrogens (tertiary/aromatic N) is 3. The van der Waals surface area contributed by atoms with Gasteiger partial charge in [-0.2, -0.15) is 0 Å². The molecular weight excluding hydrogens is 338 g/mol. The number of fused-ring (bicyclic) bond motifs is 1. The number of rotatable bonds is 7. The molecule has 3 rings (SSSR count). The SMILES string of the molecule is CCOC(=O)CSc1nnc(COc2ccc3ccccc3c2)n1C. The first-order valence-electron chi connectivity index (χ1n) is 7.95. The molecule has 0 saturated carbocycles. The van der Waals surface area contributed by atoms with Gasteiger partial charge in [-0.3, -0.25) is 4.79 Å². The zero-order valence-corrected chi connectivity index (χ0v) is 15.0. The molecule has 0 aliphatic rings. The molecule has 0 spiro atoms. The summed E-state index contributed by atoms with van der Waals surface area (Å²) in [7, 11) is 1.85. The van der Waals surface area contributed by atoms with E-state index in [1.165, 1.54) is 17.1 Å². The van der Waals surface area contributed by atoms with Gasteiger partial charge in [0.15, 0.2) is 11.0 Å². The number of aromatic nitrogens is 3. The number of hydrogen-bond donors (Lipinski definition) is 0. The molecule has 1 heterocycles. The van der Waals surface area contributed by atoms with E-state index in [1.54, 1.807) is 6.92 Å². The van der Waals surface area contributed by atoms with Crippen molar-refractivity contribution < 1.29 is 14.3 Å². The van der Waals surface area contributed by atoms with Gasteiger partial charge in [0.1, 0.15) is 12.4 Å². The lowest BCUT2D eigenvalue weighted by Crippen LogP contribution is -2.08. The molecule has 25 heavy (non-hydrogen) atoms. The van der Waals surface area contributed by atoms with Gasteiger partial charge in [-0.25, -0.2) is 0 Å². The third-order valence-electron chi connectivity index (χ3n) is 3.64. The molecule has 0 saturated heterocycles. The van der Waals surface area contributed by atoms with Crippen LogP contribution in [0.15, 0.2) is 47.6 Å². The molecule has 7 heteroatoms. The van der Waals surface area contributed by atoms with E-state index in [0.717, 1.165) is 11.1 Å². The lowest BCUT2D eigenvalue weighted by atomic mass is 10.1. The van der Waals surface area contributed by atoms with Gasteiger partial charge in [0.25, 0.3) is 0 Å². The molecular formula is C18H19N3O3S. The molecule has 0 bridgehead atoms. The van der Waals surface area contributed by atoms with Crippen LogP contribution in [0.2, 0.25) is 0 Å². The normalized spacial score (nSPS) is 10.8. The number of thioether (sulfide) groups is 1. The first kappa shape index (κ1) is 17.3. The Morgan fingerprint density at radius 1 is 1.16 bits per heavy atom. The number of ether oxygens (including phenoxy) is 2. The van der Waals surface area contributed by atoms with E-state index >= 15 is 0 Å². The molecule has 0 unspecified atom stereocenters. The summed E-state index contributed by atoms with van der Waals surface area (Å²) >= 11 is 1.30. The van der Waals surface area contributed by atoms with Crippen LogP contribution >= 0.6 is 11.8 Å². The Kier molecular flexibility index (Phi) is 5.55. The topological polar surface area (TPSA) is 66.2 Å². The van der Waals surface area contributed by atoms with Crippen LogP contribution in [-0.2, 0) is 23.2 Å². The van der Waals surface area contributed by atoms with Crippen LogP contribution in [0.1, 0.15) is 12.7 Å². The molecule has 0 fully saturated rings. The van der Waals surface area contributed by atoms with Crippen molar-refractivity contribution in [1.29, 1.82) is 0 Å². The Bertz CT molecular complexity index is 879. The lowest BCUT2D eigenvalue weighted by molar-refractivity contribution is -0.139. The summed E-state index contributed by atoms with van der Waals surface area (Å²) in [5, 5.41) is 11.2. The van der Waals surface area contributed by atoms with Crippen molar-refractivity contribution in [2.75, 3.05) is 12.4 Å². The molecule has 0 N–H and O–H groups in total. The predicted octanol–water partition coefficient (Wildman–Crippen LogP) is 3.20. The summed E-state index contributed by atoms with van der Waals surface area (Å²) in [6.07, 6.45) is 0. The molecule has 6 nitrogen and oxygen atoms in total. The van der Waals surface area contributed by atoms with Crippen LogP contribution < -0.4 is 4.74 Å². The summed E-state index contributed by atoms with van der Waals surface area (Å²) in [5.41, 5.74) is 0. The van der Waals surface area contributed by atoms with Crippen molar-refractivity contribution in [3.63, 3.8) is 0 Å². The van der Waals surface area contributed by atoms with Crippen molar-refractivity contribution in [1.82, 2.24) is 14.8 Å². The highest BCUT2D eigenvalue weighted by Gasteiger charge is 2.12. The second kappa shape index (κ2) is 8.02. The number of esters is 1. The Labute approximate surface area is 150 Å². The highest BCUT2D eigenvalue weighted by Crippen LogP contribution is 2.22. The van der Waals surface area contributed by atoms with E-state index in [-0.39, 0.29) is 11.7 Å². The van der Waals surface area contributed by atoms with Crippen LogP contribution in [0.3, 0.4) is 0 Å².